The number of nitrogens with zero attached hydrogens (tertiary/aromatic N) is 3. The summed E-state index contributed by atoms with van der Waals surface area (Å²) in [6.45, 7) is 4.04. The number of amides is 1. The zero-order valence-corrected chi connectivity index (χ0v) is 16.7. The number of rotatable bonds is 5. The van der Waals surface area contributed by atoms with Crippen molar-refractivity contribution in [1.29, 1.82) is 0 Å². The second kappa shape index (κ2) is 7.05. The molecule has 28 heavy (non-hydrogen) atoms. The average molecular weight is 401 g/mol. The number of aromatic nitrogens is 4. The van der Waals surface area contributed by atoms with Crippen molar-refractivity contribution in [2.75, 3.05) is 18.1 Å². The van der Waals surface area contributed by atoms with E-state index in [0.29, 0.717) is 36.3 Å². The molecule has 0 saturated carbocycles. The topological polar surface area (TPSA) is 110 Å². The molecular formula is C19H23N5O3S. The van der Waals surface area contributed by atoms with Gasteiger partial charge in [0.1, 0.15) is 5.82 Å². The lowest BCUT2D eigenvalue weighted by atomic mass is 10.1. The molecule has 0 aliphatic carbocycles. The Hall–Kier alpha value is -2.68. The number of hydrogen-bond acceptors (Lipinski definition) is 5. The van der Waals surface area contributed by atoms with Gasteiger partial charge in [0.15, 0.2) is 9.84 Å². The molecule has 2 N–H and O–H groups in total. The van der Waals surface area contributed by atoms with Crippen LogP contribution < -0.4 is 5.32 Å². The largest absolute Gasteiger partial charge is 0.351 e. The molecule has 4 rings (SSSR count). The molecule has 1 aliphatic rings. The molecule has 3 heterocycles. The van der Waals surface area contributed by atoms with Gasteiger partial charge in [-0.15, -0.1) is 0 Å². The third-order valence-electron chi connectivity index (χ3n) is 5.19. The van der Waals surface area contributed by atoms with Gasteiger partial charge in [-0.25, -0.2) is 13.4 Å². The first-order chi connectivity index (χ1) is 13.3. The van der Waals surface area contributed by atoms with Crippen LogP contribution in [0.25, 0.3) is 11.0 Å². The van der Waals surface area contributed by atoms with Gasteiger partial charge in [0.25, 0.3) is 5.91 Å². The van der Waals surface area contributed by atoms with E-state index in [0.717, 1.165) is 16.9 Å². The number of carbonyl (C=O) groups excluding carboxylic acids is 1. The molecule has 1 fully saturated rings. The maximum Gasteiger partial charge on any atom is 0.255 e. The number of aryl methyl sites for hydroxylation is 1. The number of H-pyrrole nitrogens is 1. The molecule has 0 radical (unpaired) electrons. The summed E-state index contributed by atoms with van der Waals surface area (Å²) < 4.78 is 25.2. The monoisotopic (exact) mass is 401 g/mol. The van der Waals surface area contributed by atoms with Crippen LogP contribution in [0, 0.1) is 13.8 Å². The smallest absolute Gasteiger partial charge is 0.255 e. The molecule has 8 nitrogen and oxygen atoms in total. The normalized spacial score (nSPS) is 18.6. The second-order valence-electron chi connectivity index (χ2n) is 7.25. The number of hydrogen-bond donors (Lipinski definition) is 2. The number of imidazole rings is 1. The van der Waals surface area contributed by atoms with Crippen LogP contribution >= 0.6 is 0 Å². The molecule has 2 aromatic heterocycles. The zero-order valence-electron chi connectivity index (χ0n) is 15.9. The summed E-state index contributed by atoms with van der Waals surface area (Å²) >= 11 is 0. The summed E-state index contributed by atoms with van der Waals surface area (Å²) in [5.41, 5.74) is 3.73. The molecule has 1 amide bonds. The van der Waals surface area contributed by atoms with Gasteiger partial charge in [-0.05, 0) is 32.4 Å². The van der Waals surface area contributed by atoms with Gasteiger partial charge < -0.3 is 10.3 Å². The first-order valence-corrected chi connectivity index (χ1v) is 11.1. The number of fused-ring (bicyclic) bond motifs is 1. The predicted octanol–water partition coefficient (Wildman–Crippen LogP) is 1.71. The minimum absolute atomic E-state index is 0.0854. The lowest BCUT2D eigenvalue weighted by Crippen LogP contribution is -2.27. The number of benzene rings is 1. The molecule has 1 aliphatic heterocycles. The Morgan fingerprint density at radius 3 is 2.82 bits per heavy atom. The Bertz CT molecular complexity index is 1110. The van der Waals surface area contributed by atoms with Crippen molar-refractivity contribution in [3.63, 3.8) is 0 Å². The SMILES string of the molecule is Cc1nn([C@@H]2CCS(=O)(=O)C2)c(C)c1C(=O)NCCc1nc2ccccc2[nH]1. The molecule has 1 aromatic carbocycles. The fourth-order valence-electron chi connectivity index (χ4n) is 3.82. The highest BCUT2D eigenvalue weighted by molar-refractivity contribution is 7.91. The predicted molar refractivity (Wildman–Crippen MR) is 106 cm³/mol. The Morgan fingerprint density at radius 1 is 1.32 bits per heavy atom. The third-order valence-corrected chi connectivity index (χ3v) is 6.94. The van der Waals surface area contributed by atoms with E-state index in [2.05, 4.69) is 20.4 Å². The van der Waals surface area contributed by atoms with E-state index < -0.39 is 9.84 Å². The molecule has 0 spiro atoms. The van der Waals surface area contributed by atoms with Gasteiger partial charge in [-0.3, -0.25) is 9.48 Å². The standard InChI is InChI=1S/C19H23N5O3S/c1-12-18(13(2)24(23-12)14-8-10-28(26,27)11-14)19(25)20-9-7-17-21-15-5-3-4-6-16(15)22-17/h3-6,14H,7-11H2,1-2H3,(H,20,25)(H,21,22)/t14-/m1/s1. The van der Waals surface area contributed by atoms with Crippen molar-refractivity contribution >= 4 is 26.8 Å². The van der Waals surface area contributed by atoms with Gasteiger partial charge in [-0.2, -0.15) is 5.10 Å². The van der Waals surface area contributed by atoms with E-state index >= 15 is 0 Å². The number of para-hydroxylation sites is 2. The number of aromatic amines is 1. The Kier molecular flexibility index (Phi) is 4.70. The van der Waals surface area contributed by atoms with Crippen LogP contribution in [-0.4, -0.2) is 52.1 Å². The number of sulfone groups is 1. The van der Waals surface area contributed by atoms with Gasteiger partial charge >= 0.3 is 0 Å². The van der Waals surface area contributed by atoms with Crippen LogP contribution in [0.5, 0.6) is 0 Å². The first-order valence-electron chi connectivity index (χ1n) is 9.32. The lowest BCUT2D eigenvalue weighted by molar-refractivity contribution is 0.0952. The van der Waals surface area contributed by atoms with E-state index in [9.17, 15) is 13.2 Å². The van der Waals surface area contributed by atoms with Crippen LogP contribution in [0.2, 0.25) is 0 Å². The van der Waals surface area contributed by atoms with Crippen molar-refractivity contribution in [3.05, 3.63) is 47.0 Å². The van der Waals surface area contributed by atoms with Crippen LogP contribution in [0.4, 0.5) is 0 Å². The average Bonchev–Trinajstić information content (AvgIpc) is 3.29. The summed E-state index contributed by atoms with van der Waals surface area (Å²) in [4.78, 5) is 20.4. The Labute approximate surface area is 163 Å². The van der Waals surface area contributed by atoms with Crippen molar-refractivity contribution in [2.45, 2.75) is 32.7 Å². The van der Waals surface area contributed by atoms with Crippen LogP contribution in [0.1, 0.15) is 40.0 Å². The minimum atomic E-state index is -3.01. The summed E-state index contributed by atoms with van der Waals surface area (Å²) in [5.74, 6) is 0.886. The highest BCUT2D eigenvalue weighted by Crippen LogP contribution is 2.26. The van der Waals surface area contributed by atoms with E-state index in [1.165, 1.54) is 0 Å². The summed E-state index contributed by atoms with van der Waals surface area (Å²) in [7, 11) is -3.01. The van der Waals surface area contributed by atoms with Crippen LogP contribution in [0.3, 0.4) is 0 Å². The molecule has 1 atom stereocenters. The molecule has 148 valence electrons. The van der Waals surface area contributed by atoms with Crippen LogP contribution in [0.15, 0.2) is 24.3 Å². The van der Waals surface area contributed by atoms with Crippen LogP contribution in [-0.2, 0) is 16.3 Å². The second-order valence-corrected chi connectivity index (χ2v) is 9.48. The van der Waals surface area contributed by atoms with Crippen molar-refractivity contribution in [1.82, 2.24) is 25.1 Å². The van der Waals surface area contributed by atoms with E-state index in [4.69, 9.17) is 0 Å². The molecule has 0 bridgehead atoms. The maximum absolute atomic E-state index is 12.7. The Morgan fingerprint density at radius 2 is 2.11 bits per heavy atom. The minimum Gasteiger partial charge on any atom is -0.351 e. The molecule has 9 heteroatoms. The number of carbonyl (C=O) groups is 1. The quantitative estimate of drug-likeness (QED) is 0.676. The maximum atomic E-state index is 12.7. The van der Waals surface area contributed by atoms with Gasteiger partial charge in [0.2, 0.25) is 0 Å². The fraction of sp³-hybridized carbons (Fsp3) is 0.421. The molecular weight excluding hydrogens is 378 g/mol. The summed E-state index contributed by atoms with van der Waals surface area (Å²) in [6.07, 6.45) is 1.13. The highest BCUT2D eigenvalue weighted by Gasteiger charge is 2.32. The molecule has 0 unspecified atom stereocenters. The highest BCUT2D eigenvalue weighted by atomic mass is 32.2. The van der Waals surface area contributed by atoms with Crippen molar-refractivity contribution in [2.24, 2.45) is 0 Å². The van der Waals surface area contributed by atoms with E-state index in [1.54, 1.807) is 11.6 Å². The number of nitrogens with one attached hydrogen (secondary N) is 2. The van der Waals surface area contributed by atoms with Gasteiger partial charge in [0, 0.05) is 18.7 Å². The molecule has 1 saturated heterocycles. The lowest BCUT2D eigenvalue weighted by Gasteiger charge is -2.11. The van der Waals surface area contributed by atoms with Crippen molar-refractivity contribution in [3.8, 4) is 0 Å². The van der Waals surface area contributed by atoms with Gasteiger partial charge in [-0.1, -0.05) is 12.1 Å². The molecule has 3 aromatic rings. The first kappa shape index (κ1) is 18.7. The zero-order chi connectivity index (χ0) is 19.9. The van der Waals surface area contributed by atoms with Gasteiger partial charge in [0.05, 0.1) is 39.8 Å². The summed E-state index contributed by atoms with van der Waals surface area (Å²) in [6, 6.07) is 7.60. The van der Waals surface area contributed by atoms with Crippen molar-refractivity contribution < 1.29 is 13.2 Å². The third kappa shape index (κ3) is 3.54. The van der Waals surface area contributed by atoms with E-state index in [1.807, 2.05) is 31.2 Å². The Balaban J connectivity index is 1.43. The van der Waals surface area contributed by atoms with E-state index in [-0.39, 0.29) is 23.5 Å². The summed E-state index contributed by atoms with van der Waals surface area (Å²) in [5, 5.41) is 7.37. The fourth-order valence-corrected chi connectivity index (χ4v) is 5.51.